The zero-order chi connectivity index (χ0) is 23.6. The minimum Gasteiger partial charge on any atom is -0.469 e. The quantitative estimate of drug-likeness (QED) is 0.443. The molecule has 0 bridgehead atoms. The van der Waals surface area contributed by atoms with Gasteiger partial charge in [-0.2, -0.15) is 13.2 Å². The molecule has 3 rings (SSSR count). The van der Waals surface area contributed by atoms with Crippen molar-refractivity contribution < 1.29 is 27.1 Å². The van der Waals surface area contributed by atoms with Gasteiger partial charge in [-0.15, -0.1) is 0 Å². The van der Waals surface area contributed by atoms with E-state index >= 15 is 0 Å². The third-order valence-corrected chi connectivity index (χ3v) is 5.55. The molecule has 0 atom stereocenters. The standard InChI is InChI=1S/C22H20F4N3O2S/c1-5-29(13(3)11-31-19-17(23)9-15(10-27-19)22(24,25)26)21(30)16-8-6-7-12(2)18(16)20-28-14(4)32-20/h6-10H,3,5,11H2,1-2,4H3/q+1. The smallest absolute Gasteiger partial charge is 0.417 e. The van der Waals surface area contributed by atoms with Crippen LogP contribution in [0.4, 0.5) is 17.6 Å². The van der Waals surface area contributed by atoms with E-state index in [1.807, 2.05) is 19.9 Å². The summed E-state index contributed by atoms with van der Waals surface area (Å²) >= 11 is 1.49. The summed E-state index contributed by atoms with van der Waals surface area (Å²) in [5.41, 5.74) is 1.05. The van der Waals surface area contributed by atoms with Crippen LogP contribution in [0.25, 0.3) is 0 Å². The number of benzene rings is 1. The maximum absolute atomic E-state index is 14.0. The van der Waals surface area contributed by atoms with E-state index < -0.39 is 23.4 Å². The zero-order valence-corrected chi connectivity index (χ0v) is 18.4. The highest BCUT2D eigenvalue weighted by Crippen LogP contribution is 2.31. The molecule has 0 N–H and O–H groups in total. The maximum atomic E-state index is 14.0. The largest absolute Gasteiger partial charge is 0.469 e. The summed E-state index contributed by atoms with van der Waals surface area (Å²) in [6, 6.07) is 5.65. The van der Waals surface area contributed by atoms with Crippen LogP contribution in [-0.4, -0.2) is 39.0 Å². The second-order valence-corrected chi connectivity index (χ2v) is 8.13. The molecule has 1 aromatic carbocycles. The average Bonchev–Trinajstić information content (AvgIpc) is 2.70. The predicted octanol–water partition coefficient (Wildman–Crippen LogP) is 4.58. The van der Waals surface area contributed by atoms with Crippen molar-refractivity contribution in [1.29, 1.82) is 0 Å². The van der Waals surface area contributed by atoms with Crippen molar-refractivity contribution >= 4 is 27.8 Å². The molecule has 2 heterocycles. The van der Waals surface area contributed by atoms with E-state index in [-0.39, 0.29) is 24.8 Å². The number of ether oxygens (including phenoxy) is 1. The van der Waals surface area contributed by atoms with Crippen molar-refractivity contribution in [3.63, 3.8) is 0 Å². The number of hydrogen-bond acceptors (Lipinski definition) is 4. The van der Waals surface area contributed by atoms with Gasteiger partial charge in [0.2, 0.25) is 0 Å². The van der Waals surface area contributed by atoms with Crippen molar-refractivity contribution in [2.45, 2.75) is 26.9 Å². The maximum Gasteiger partial charge on any atom is 0.417 e. The number of thioether (sulfide) groups is 1. The first-order chi connectivity index (χ1) is 15.0. The molecule has 0 saturated heterocycles. The second-order valence-electron chi connectivity index (χ2n) is 6.95. The summed E-state index contributed by atoms with van der Waals surface area (Å²) in [5, 5.41) is 1.65. The number of hydrogen-bond donors (Lipinski definition) is 0. The van der Waals surface area contributed by atoms with Crippen molar-refractivity contribution in [2.24, 2.45) is 0 Å². The third-order valence-electron chi connectivity index (χ3n) is 4.67. The lowest BCUT2D eigenvalue weighted by Crippen LogP contribution is -2.34. The fraction of sp³-hybridized carbons (Fsp3) is 0.273. The molecule has 0 radical (unpaired) electrons. The number of aromatic nitrogens is 1. The van der Waals surface area contributed by atoms with E-state index in [0.29, 0.717) is 17.8 Å². The molecule has 168 valence electrons. The van der Waals surface area contributed by atoms with E-state index in [9.17, 15) is 22.4 Å². The third kappa shape index (κ3) is 4.87. The first-order valence-electron chi connectivity index (χ1n) is 9.58. The van der Waals surface area contributed by atoms with Crippen LogP contribution in [0.1, 0.15) is 40.9 Å². The van der Waals surface area contributed by atoms with E-state index in [1.54, 1.807) is 19.1 Å². The van der Waals surface area contributed by atoms with E-state index in [0.717, 1.165) is 21.2 Å². The summed E-state index contributed by atoms with van der Waals surface area (Å²) < 4.78 is 61.6. The van der Waals surface area contributed by atoms with Gasteiger partial charge in [-0.1, -0.05) is 23.4 Å². The molecule has 5 nitrogen and oxygen atoms in total. The van der Waals surface area contributed by atoms with E-state index in [1.165, 1.54) is 16.7 Å². The van der Waals surface area contributed by atoms with Crippen LogP contribution < -0.4 is 9.40 Å². The Balaban J connectivity index is 1.78. The average molecular weight is 466 g/mol. The summed E-state index contributed by atoms with van der Waals surface area (Å²) in [7, 11) is 0. The fourth-order valence-electron chi connectivity index (χ4n) is 3.10. The first-order valence-corrected chi connectivity index (χ1v) is 10.4. The molecule has 0 spiro atoms. The number of rotatable bonds is 7. The highest BCUT2D eigenvalue weighted by Gasteiger charge is 2.35. The number of amides is 1. The fourth-order valence-corrected chi connectivity index (χ4v) is 3.94. The van der Waals surface area contributed by atoms with Gasteiger partial charge >= 0.3 is 16.3 Å². The van der Waals surface area contributed by atoms with Crippen LogP contribution in [0.15, 0.2) is 42.7 Å². The predicted molar refractivity (Wildman–Crippen MR) is 116 cm³/mol. The molecule has 1 aliphatic heterocycles. The lowest BCUT2D eigenvalue weighted by Gasteiger charge is -2.24. The van der Waals surface area contributed by atoms with Gasteiger partial charge in [0.1, 0.15) is 6.61 Å². The Bertz CT molecular complexity index is 1150. The van der Waals surface area contributed by atoms with Gasteiger partial charge in [0.05, 0.1) is 34.1 Å². The molecule has 1 aromatic heterocycles. The molecular formula is C22H20F4N3O2S+. The van der Waals surface area contributed by atoms with Gasteiger partial charge in [-0.3, -0.25) is 4.79 Å². The molecule has 1 amide bonds. The van der Waals surface area contributed by atoms with Crippen LogP contribution in [0.2, 0.25) is 0 Å². The minimum atomic E-state index is -4.72. The molecule has 0 aliphatic carbocycles. The Morgan fingerprint density at radius 1 is 1.31 bits per heavy atom. The van der Waals surface area contributed by atoms with Crippen LogP contribution >= 0.6 is 11.8 Å². The molecule has 0 unspecified atom stereocenters. The SMILES string of the molecule is C=C(COc1ncc(C(F)(F)F)cc1F)N(CC)C(=O)c1cccc(C)c1C1=[N+]=C(C)S1. The number of alkyl halides is 3. The van der Waals surface area contributed by atoms with Crippen molar-refractivity contribution in [3.05, 3.63) is 70.8 Å². The van der Waals surface area contributed by atoms with Crippen molar-refractivity contribution in [1.82, 2.24) is 14.6 Å². The number of halogens is 4. The first kappa shape index (κ1) is 23.6. The highest BCUT2D eigenvalue weighted by molar-refractivity contribution is 8.28. The number of nitrogens with zero attached hydrogens (tertiary/aromatic N) is 3. The van der Waals surface area contributed by atoms with Crippen LogP contribution in [0.5, 0.6) is 5.88 Å². The molecule has 1 aliphatic rings. The van der Waals surface area contributed by atoms with E-state index in [4.69, 9.17) is 4.74 Å². The van der Waals surface area contributed by atoms with Gasteiger partial charge in [0, 0.05) is 19.7 Å². The summed E-state index contributed by atoms with van der Waals surface area (Å²) in [5.74, 6) is -2.20. The lowest BCUT2D eigenvalue weighted by molar-refractivity contribution is -0.138. The van der Waals surface area contributed by atoms with Crippen LogP contribution in [-0.2, 0) is 6.18 Å². The Labute approximate surface area is 186 Å². The lowest BCUT2D eigenvalue weighted by atomic mass is 10.0. The monoisotopic (exact) mass is 466 g/mol. The van der Waals surface area contributed by atoms with Gasteiger partial charge in [0.25, 0.3) is 11.8 Å². The number of aryl methyl sites for hydroxylation is 1. The topological polar surface area (TPSA) is 56.5 Å². The van der Waals surface area contributed by atoms with Gasteiger partial charge in [-0.05, 0) is 31.5 Å². The Morgan fingerprint density at radius 3 is 2.56 bits per heavy atom. The van der Waals surface area contributed by atoms with Gasteiger partial charge in [-0.25, -0.2) is 9.37 Å². The molecule has 2 aromatic rings. The summed E-state index contributed by atoms with van der Waals surface area (Å²) in [4.78, 5) is 18.0. The molecular weight excluding hydrogens is 446 g/mol. The van der Waals surface area contributed by atoms with Crippen LogP contribution in [0.3, 0.4) is 0 Å². The van der Waals surface area contributed by atoms with Crippen molar-refractivity contribution in [2.75, 3.05) is 13.2 Å². The second kappa shape index (κ2) is 9.18. The van der Waals surface area contributed by atoms with E-state index in [2.05, 4.69) is 16.2 Å². The zero-order valence-electron chi connectivity index (χ0n) is 17.6. The van der Waals surface area contributed by atoms with Crippen molar-refractivity contribution in [3.8, 4) is 5.88 Å². The highest BCUT2D eigenvalue weighted by atomic mass is 32.2. The number of likely N-dealkylation sites (N-methyl/N-ethyl adjacent to an activating group) is 1. The van der Waals surface area contributed by atoms with Gasteiger partial charge < -0.3 is 9.64 Å². The molecule has 0 fully saturated rings. The Morgan fingerprint density at radius 2 is 2.00 bits per heavy atom. The van der Waals surface area contributed by atoms with Gasteiger partial charge in [0.15, 0.2) is 5.82 Å². The number of pyridine rings is 1. The number of carbonyl (C=O) groups is 1. The molecule has 10 heteroatoms. The Kier molecular flexibility index (Phi) is 6.76. The van der Waals surface area contributed by atoms with Crippen LogP contribution in [0, 0.1) is 12.7 Å². The molecule has 0 saturated carbocycles. The normalized spacial score (nSPS) is 13.1. The Hall–Kier alpha value is -3.10. The summed E-state index contributed by atoms with van der Waals surface area (Å²) in [6.45, 7) is 9.24. The summed E-state index contributed by atoms with van der Waals surface area (Å²) in [6.07, 6.45) is -4.23. The number of carbonyl (C=O) groups excluding carboxylic acids is 1. The minimum absolute atomic E-state index is 0.206. The molecule has 32 heavy (non-hydrogen) atoms.